The lowest BCUT2D eigenvalue weighted by molar-refractivity contribution is -0.128. The second kappa shape index (κ2) is 10.4. The van der Waals surface area contributed by atoms with Crippen LogP contribution in [0, 0.1) is 5.82 Å². The molecule has 0 radical (unpaired) electrons. The number of Topliss-reactive ketones (excluding diaryl/α,β-unsaturated/α-hetero) is 1. The van der Waals surface area contributed by atoms with Gasteiger partial charge in [0, 0.05) is 22.7 Å². The number of nitrogens with one attached hydrogen (secondary N) is 1. The number of ketones is 1. The van der Waals surface area contributed by atoms with Crippen molar-refractivity contribution in [3.63, 3.8) is 0 Å². The first kappa shape index (κ1) is 26.8. The third-order valence-corrected chi connectivity index (χ3v) is 6.31. The molecule has 2 amide bonds. The number of aromatic nitrogens is 3. The number of para-hydroxylation sites is 1. The van der Waals surface area contributed by atoms with Gasteiger partial charge in [-0.3, -0.25) is 19.3 Å². The van der Waals surface area contributed by atoms with E-state index >= 15 is 4.39 Å². The van der Waals surface area contributed by atoms with Crippen molar-refractivity contribution >= 4 is 34.3 Å². The Bertz CT molecular complexity index is 1630. The van der Waals surface area contributed by atoms with Crippen LogP contribution in [0.5, 0.6) is 11.5 Å². The summed E-state index contributed by atoms with van der Waals surface area (Å²) in [6.45, 7) is 6.24. The SMILES string of the molecule is CC(=O)c1cc2c(cc1N(C(=O)Cn1nnc3ccccc31)[C@@H](C(=O)NC(C)(C)C)c1ccccc1F)OCO2. The van der Waals surface area contributed by atoms with E-state index in [0.717, 1.165) is 4.90 Å². The van der Waals surface area contributed by atoms with Gasteiger partial charge in [-0.25, -0.2) is 9.07 Å². The minimum absolute atomic E-state index is 0.0479. The molecular formula is C29H28FN5O5. The van der Waals surface area contributed by atoms with E-state index in [4.69, 9.17) is 9.47 Å². The summed E-state index contributed by atoms with van der Waals surface area (Å²) in [5.41, 5.74) is 0.582. The minimum Gasteiger partial charge on any atom is -0.454 e. The average Bonchev–Trinajstić information content (AvgIpc) is 3.52. The molecule has 0 bridgehead atoms. The Morgan fingerprint density at radius 1 is 1.05 bits per heavy atom. The molecule has 206 valence electrons. The Kier molecular flexibility index (Phi) is 6.97. The highest BCUT2D eigenvalue weighted by Gasteiger charge is 2.38. The van der Waals surface area contributed by atoms with Crippen LogP contribution in [0.15, 0.2) is 60.7 Å². The van der Waals surface area contributed by atoms with Gasteiger partial charge in [-0.05, 0) is 52.0 Å². The number of hydrogen-bond donors (Lipinski definition) is 1. The normalized spacial score (nSPS) is 13.2. The van der Waals surface area contributed by atoms with Crippen molar-refractivity contribution in [3.8, 4) is 11.5 Å². The van der Waals surface area contributed by atoms with Gasteiger partial charge >= 0.3 is 0 Å². The first-order valence-electron chi connectivity index (χ1n) is 12.6. The standard InChI is InChI=1S/C29H28FN5O5/c1-17(36)19-13-24-25(40-16-39-24)14-23(19)35(26(37)15-34-22-12-8-7-11-21(22)32-33-34)27(28(38)31-29(2,3)4)18-9-5-6-10-20(18)30/h5-14,27H,15-16H2,1-4H3,(H,31,38)/t27-/m1/s1. The van der Waals surface area contributed by atoms with E-state index in [1.165, 1.54) is 41.9 Å². The molecule has 1 aliphatic rings. The lowest BCUT2D eigenvalue weighted by Gasteiger charge is -2.34. The molecule has 0 saturated heterocycles. The van der Waals surface area contributed by atoms with Gasteiger partial charge in [-0.2, -0.15) is 0 Å². The molecule has 0 aliphatic carbocycles. The van der Waals surface area contributed by atoms with Gasteiger partial charge in [0.25, 0.3) is 0 Å². The monoisotopic (exact) mass is 545 g/mol. The molecule has 1 aromatic heterocycles. The van der Waals surface area contributed by atoms with Crippen molar-refractivity contribution in [2.75, 3.05) is 11.7 Å². The molecule has 0 spiro atoms. The zero-order valence-corrected chi connectivity index (χ0v) is 22.5. The lowest BCUT2D eigenvalue weighted by atomic mass is 9.98. The largest absolute Gasteiger partial charge is 0.454 e. The smallest absolute Gasteiger partial charge is 0.249 e. The number of halogens is 1. The van der Waals surface area contributed by atoms with Crippen LogP contribution in [-0.2, 0) is 16.1 Å². The van der Waals surface area contributed by atoms with E-state index in [1.807, 2.05) is 0 Å². The van der Waals surface area contributed by atoms with E-state index in [2.05, 4.69) is 15.6 Å². The minimum atomic E-state index is -1.49. The third-order valence-electron chi connectivity index (χ3n) is 6.31. The molecule has 3 aromatic carbocycles. The molecule has 40 heavy (non-hydrogen) atoms. The first-order chi connectivity index (χ1) is 19.0. The molecule has 11 heteroatoms. The highest BCUT2D eigenvalue weighted by atomic mass is 19.1. The van der Waals surface area contributed by atoms with Crippen LogP contribution in [-0.4, -0.2) is 44.9 Å². The van der Waals surface area contributed by atoms with Crippen molar-refractivity contribution < 1.29 is 28.2 Å². The number of rotatable bonds is 7. The molecule has 10 nitrogen and oxygen atoms in total. The Morgan fingerprint density at radius 2 is 1.73 bits per heavy atom. The van der Waals surface area contributed by atoms with Crippen LogP contribution < -0.4 is 19.7 Å². The number of hydrogen-bond acceptors (Lipinski definition) is 7. The van der Waals surface area contributed by atoms with Gasteiger partial charge < -0.3 is 14.8 Å². The molecule has 2 heterocycles. The molecular weight excluding hydrogens is 517 g/mol. The van der Waals surface area contributed by atoms with Crippen LogP contribution in [0.4, 0.5) is 10.1 Å². The molecule has 1 aliphatic heterocycles. The molecule has 1 N–H and O–H groups in total. The zero-order chi connectivity index (χ0) is 28.6. The maximum Gasteiger partial charge on any atom is 0.249 e. The summed E-state index contributed by atoms with van der Waals surface area (Å²) < 4.78 is 27.8. The van der Waals surface area contributed by atoms with Crippen molar-refractivity contribution in [3.05, 3.63) is 77.6 Å². The number of benzene rings is 3. The molecule has 0 fully saturated rings. The summed E-state index contributed by atoms with van der Waals surface area (Å²) in [6.07, 6.45) is 0. The van der Waals surface area contributed by atoms with Crippen molar-refractivity contribution in [2.24, 2.45) is 0 Å². The fourth-order valence-electron chi connectivity index (χ4n) is 4.60. The second-order valence-electron chi connectivity index (χ2n) is 10.4. The molecule has 5 rings (SSSR count). The zero-order valence-electron chi connectivity index (χ0n) is 22.5. The van der Waals surface area contributed by atoms with Crippen molar-refractivity contribution in [1.82, 2.24) is 20.3 Å². The van der Waals surface area contributed by atoms with Crippen LogP contribution in [0.3, 0.4) is 0 Å². The molecule has 0 saturated carbocycles. The number of anilines is 1. The predicted molar refractivity (Wildman–Crippen MR) is 145 cm³/mol. The number of amides is 2. The number of ether oxygens (including phenoxy) is 2. The Morgan fingerprint density at radius 3 is 2.42 bits per heavy atom. The fraction of sp³-hybridized carbons (Fsp3) is 0.276. The fourth-order valence-corrected chi connectivity index (χ4v) is 4.60. The van der Waals surface area contributed by atoms with Crippen LogP contribution in [0.25, 0.3) is 11.0 Å². The molecule has 0 unspecified atom stereocenters. The van der Waals surface area contributed by atoms with E-state index in [0.29, 0.717) is 16.8 Å². The number of carbonyl (C=O) groups excluding carboxylic acids is 3. The van der Waals surface area contributed by atoms with Gasteiger partial charge in [0.05, 0.1) is 11.2 Å². The third kappa shape index (κ3) is 5.22. The van der Waals surface area contributed by atoms with Crippen LogP contribution in [0.1, 0.15) is 49.7 Å². The molecule has 4 aromatic rings. The van der Waals surface area contributed by atoms with Crippen molar-refractivity contribution in [2.45, 2.75) is 45.8 Å². The first-order valence-corrected chi connectivity index (χ1v) is 12.6. The average molecular weight is 546 g/mol. The Hall–Kier alpha value is -4.80. The maximum atomic E-state index is 15.4. The number of fused-ring (bicyclic) bond motifs is 2. The Labute approximate surface area is 229 Å². The maximum absolute atomic E-state index is 15.4. The van der Waals surface area contributed by atoms with Gasteiger partial charge in [-0.15, -0.1) is 5.10 Å². The van der Waals surface area contributed by atoms with Crippen molar-refractivity contribution in [1.29, 1.82) is 0 Å². The quantitative estimate of drug-likeness (QED) is 0.346. The lowest BCUT2D eigenvalue weighted by Crippen LogP contribution is -2.50. The van der Waals surface area contributed by atoms with Gasteiger partial charge in [0.15, 0.2) is 17.3 Å². The van der Waals surface area contributed by atoms with E-state index in [1.54, 1.807) is 51.1 Å². The Balaban J connectivity index is 1.72. The second-order valence-corrected chi connectivity index (χ2v) is 10.4. The highest BCUT2D eigenvalue weighted by Crippen LogP contribution is 2.42. The highest BCUT2D eigenvalue weighted by molar-refractivity contribution is 6.08. The topological polar surface area (TPSA) is 116 Å². The summed E-state index contributed by atoms with van der Waals surface area (Å²) in [4.78, 5) is 42.2. The molecule has 1 atom stereocenters. The summed E-state index contributed by atoms with van der Waals surface area (Å²) in [6, 6.07) is 14.3. The van der Waals surface area contributed by atoms with Crippen LogP contribution in [0.2, 0.25) is 0 Å². The number of carbonyl (C=O) groups is 3. The summed E-state index contributed by atoms with van der Waals surface area (Å²) in [5, 5.41) is 11.1. The van der Waals surface area contributed by atoms with E-state index < -0.39 is 29.2 Å². The summed E-state index contributed by atoms with van der Waals surface area (Å²) in [7, 11) is 0. The summed E-state index contributed by atoms with van der Waals surface area (Å²) in [5.74, 6) is -1.74. The summed E-state index contributed by atoms with van der Waals surface area (Å²) >= 11 is 0. The number of nitrogens with zero attached hydrogens (tertiary/aromatic N) is 4. The van der Waals surface area contributed by atoms with Crippen LogP contribution >= 0.6 is 0 Å². The van der Waals surface area contributed by atoms with E-state index in [9.17, 15) is 14.4 Å². The van der Waals surface area contributed by atoms with E-state index in [-0.39, 0.29) is 41.7 Å². The predicted octanol–water partition coefficient (Wildman–Crippen LogP) is 4.19. The van der Waals surface area contributed by atoms with Gasteiger partial charge in [0.2, 0.25) is 18.6 Å². The van der Waals surface area contributed by atoms with Gasteiger partial charge in [-0.1, -0.05) is 35.5 Å². The van der Waals surface area contributed by atoms with Gasteiger partial charge in [0.1, 0.15) is 23.9 Å².